The van der Waals surface area contributed by atoms with E-state index in [0.717, 1.165) is 0 Å². The molecule has 1 N–H and O–H groups in total. The second-order valence-electron chi connectivity index (χ2n) is 5.24. The van der Waals surface area contributed by atoms with Gasteiger partial charge in [0.2, 0.25) is 5.78 Å². The van der Waals surface area contributed by atoms with Crippen molar-refractivity contribution in [2.45, 2.75) is 24.9 Å². The number of benzene rings is 1. The van der Waals surface area contributed by atoms with Crippen molar-refractivity contribution in [3.05, 3.63) is 53.4 Å². The molecule has 0 bridgehead atoms. The van der Waals surface area contributed by atoms with E-state index in [1.54, 1.807) is 0 Å². The Morgan fingerprint density at radius 1 is 1.12 bits per heavy atom. The predicted molar refractivity (Wildman–Crippen MR) is 77.1 cm³/mol. The minimum atomic E-state index is -5.00. The van der Waals surface area contributed by atoms with E-state index in [-0.39, 0.29) is 23.9 Å². The maximum absolute atomic E-state index is 13.0. The highest BCUT2D eigenvalue weighted by molar-refractivity contribution is 6.25. The normalized spacial score (nSPS) is 18.4. The quantitative estimate of drug-likeness (QED) is 0.643. The largest absolute Gasteiger partial charge is 0.467 e. The van der Waals surface area contributed by atoms with Gasteiger partial charge in [0.25, 0.3) is 0 Å². The van der Waals surface area contributed by atoms with Crippen molar-refractivity contribution in [3.63, 3.8) is 0 Å². The molecule has 3 nitrogen and oxygen atoms in total. The summed E-state index contributed by atoms with van der Waals surface area (Å²) < 4.78 is 83.1. The number of ketones is 1. The second-order valence-corrected chi connectivity index (χ2v) is 5.24. The van der Waals surface area contributed by atoms with Crippen LogP contribution in [0, 0.1) is 0 Å². The maximum atomic E-state index is 13.0. The van der Waals surface area contributed by atoms with Crippen LogP contribution in [0.2, 0.25) is 0 Å². The Bertz CT molecular complexity index is 701. The van der Waals surface area contributed by atoms with Crippen LogP contribution < -0.4 is 5.32 Å². The molecule has 1 unspecified atom stereocenters. The lowest BCUT2D eigenvalue weighted by Gasteiger charge is -2.14. The molecular weight excluding hydrogens is 352 g/mol. The molecule has 2 rings (SSSR count). The van der Waals surface area contributed by atoms with E-state index in [2.05, 4.69) is 11.9 Å². The molecule has 0 amide bonds. The number of carbonyl (C=O) groups is 1. The minimum Gasteiger partial charge on any atom is -0.467 e. The van der Waals surface area contributed by atoms with Crippen molar-refractivity contribution < 1.29 is 35.9 Å². The van der Waals surface area contributed by atoms with Crippen LogP contribution in [0.5, 0.6) is 0 Å². The highest BCUT2D eigenvalue weighted by Gasteiger charge is 2.40. The third-order valence-electron chi connectivity index (χ3n) is 3.51. The summed E-state index contributed by atoms with van der Waals surface area (Å²) in [6.07, 6.45) is -9.61. The van der Waals surface area contributed by atoms with Crippen LogP contribution in [0.25, 0.3) is 5.57 Å². The Morgan fingerprint density at radius 2 is 1.64 bits per heavy atom. The monoisotopic (exact) mass is 365 g/mol. The number of hydrogen-bond acceptors (Lipinski definition) is 3. The van der Waals surface area contributed by atoms with E-state index in [4.69, 9.17) is 4.74 Å². The van der Waals surface area contributed by atoms with Crippen LogP contribution in [-0.2, 0) is 21.9 Å². The van der Waals surface area contributed by atoms with Gasteiger partial charge in [0, 0.05) is 13.5 Å². The minimum absolute atomic E-state index is 0.00458. The highest BCUT2D eigenvalue weighted by Crippen LogP contribution is 2.39. The van der Waals surface area contributed by atoms with Crippen molar-refractivity contribution >= 4 is 11.4 Å². The van der Waals surface area contributed by atoms with Crippen molar-refractivity contribution in [2.24, 2.45) is 0 Å². The van der Waals surface area contributed by atoms with Gasteiger partial charge in [0.15, 0.2) is 12.0 Å². The molecule has 1 heterocycles. The smallest absolute Gasteiger partial charge is 0.416 e. The van der Waals surface area contributed by atoms with Crippen molar-refractivity contribution in [2.75, 3.05) is 7.05 Å². The topological polar surface area (TPSA) is 38.3 Å². The van der Waals surface area contributed by atoms with Gasteiger partial charge in [-0.3, -0.25) is 4.79 Å². The lowest BCUT2D eigenvalue weighted by atomic mass is 9.95. The van der Waals surface area contributed by atoms with Crippen molar-refractivity contribution in [1.29, 1.82) is 0 Å². The molecule has 136 valence electrons. The van der Waals surface area contributed by atoms with Crippen molar-refractivity contribution in [3.8, 4) is 0 Å². The Labute approximate surface area is 139 Å². The second kappa shape index (κ2) is 6.45. The van der Waals surface area contributed by atoms with Crippen LogP contribution in [0.4, 0.5) is 26.3 Å². The molecule has 1 aromatic carbocycles. The fraction of sp³-hybridized carbons (Fsp3) is 0.312. The molecular formula is C16H13F6NO2. The lowest BCUT2D eigenvalue weighted by Crippen LogP contribution is -2.18. The number of halogens is 6. The summed E-state index contributed by atoms with van der Waals surface area (Å²) in [6.45, 7) is 3.43. The number of nitrogens with one attached hydrogen (secondary N) is 1. The summed E-state index contributed by atoms with van der Waals surface area (Å²) in [6, 6.07) is 1.00. The zero-order chi connectivity index (χ0) is 19.0. The summed E-state index contributed by atoms with van der Waals surface area (Å²) in [5, 5.41) is 2.49. The molecule has 0 spiro atoms. The number of Topliss-reactive ketones (excluding diaryl/α,β-unsaturated/α-hetero) is 1. The average Bonchev–Trinajstić information content (AvgIpc) is 2.82. The van der Waals surface area contributed by atoms with E-state index in [9.17, 15) is 31.1 Å². The van der Waals surface area contributed by atoms with E-state index in [1.165, 1.54) is 13.1 Å². The van der Waals surface area contributed by atoms with E-state index in [1.807, 2.05) is 0 Å². The lowest BCUT2D eigenvalue weighted by molar-refractivity contribution is -0.143. The Balaban J connectivity index is 2.65. The molecule has 25 heavy (non-hydrogen) atoms. The van der Waals surface area contributed by atoms with Crippen LogP contribution in [-0.4, -0.2) is 18.9 Å². The average molecular weight is 365 g/mol. The number of ether oxygens (including phenoxy) is 1. The fourth-order valence-corrected chi connectivity index (χ4v) is 2.39. The third-order valence-corrected chi connectivity index (χ3v) is 3.51. The molecule has 0 saturated carbocycles. The van der Waals surface area contributed by atoms with Crippen LogP contribution in [0.3, 0.4) is 0 Å². The number of rotatable bonds is 4. The summed E-state index contributed by atoms with van der Waals surface area (Å²) in [5.41, 5.74) is -3.87. The number of hydrogen-bond donors (Lipinski definition) is 1. The zero-order valence-electron chi connectivity index (χ0n) is 12.9. The SMILES string of the molecule is C=CCC1OC(NC)=C(c2cc(C(F)(F)F)cc(C(F)(F)F)c2)C1=O. The summed E-state index contributed by atoms with van der Waals surface area (Å²) in [5.74, 6) is -0.888. The van der Waals surface area contributed by atoms with E-state index in [0.29, 0.717) is 12.1 Å². The van der Waals surface area contributed by atoms with Gasteiger partial charge in [0.05, 0.1) is 16.7 Å². The molecule has 9 heteroatoms. The molecule has 1 aliphatic rings. The van der Waals surface area contributed by atoms with Gasteiger partial charge in [0.1, 0.15) is 0 Å². The predicted octanol–water partition coefficient (Wildman–Crippen LogP) is 4.16. The molecule has 0 radical (unpaired) electrons. The highest BCUT2D eigenvalue weighted by atomic mass is 19.4. The number of carbonyl (C=O) groups excluding carboxylic acids is 1. The first-order chi connectivity index (χ1) is 11.5. The standard InChI is InChI=1S/C16H13F6NO2/c1-3-4-11-13(24)12(14(23-2)25-11)8-5-9(15(17,18)19)7-10(6-8)16(20,21)22/h3,5-7,11,23H,1,4H2,2H3. The van der Waals surface area contributed by atoms with Gasteiger partial charge in [-0.1, -0.05) is 6.08 Å². The Hall–Kier alpha value is -2.45. The fourth-order valence-electron chi connectivity index (χ4n) is 2.39. The summed E-state index contributed by atoms with van der Waals surface area (Å²) in [7, 11) is 1.34. The van der Waals surface area contributed by atoms with Crippen LogP contribution in [0.1, 0.15) is 23.1 Å². The van der Waals surface area contributed by atoms with Gasteiger partial charge in [-0.2, -0.15) is 26.3 Å². The van der Waals surface area contributed by atoms with Gasteiger partial charge in [-0.25, -0.2) is 0 Å². The van der Waals surface area contributed by atoms with Gasteiger partial charge in [-0.05, 0) is 23.8 Å². The molecule has 0 fully saturated rings. The van der Waals surface area contributed by atoms with Gasteiger partial charge >= 0.3 is 12.4 Å². The zero-order valence-corrected chi connectivity index (χ0v) is 12.9. The summed E-state index contributed by atoms with van der Waals surface area (Å²) >= 11 is 0. The molecule has 0 aromatic heterocycles. The summed E-state index contributed by atoms with van der Waals surface area (Å²) in [4.78, 5) is 12.4. The first kappa shape index (κ1) is 18.9. The van der Waals surface area contributed by atoms with E-state index < -0.39 is 40.9 Å². The number of alkyl halides is 6. The Morgan fingerprint density at radius 3 is 2.04 bits per heavy atom. The van der Waals surface area contributed by atoms with Crippen LogP contribution in [0.15, 0.2) is 36.7 Å². The van der Waals surface area contributed by atoms with E-state index >= 15 is 0 Å². The van der Waals surface area contributed by atoms with Gasteiger partial charge < -0.3 is 10.1 Å². The first-order valence-corrected chi connectivity index (χ1v) is 7.02. The Kier molecular flexibility index (Phi) is 4.87. The van der Waals surface area contributed by atoms with Gasteiger partial charge in [-0.15, -0.1) is 6.58 Å². The molecule has 0 aliphatic carbocycles. The van der Waals surface area contributed by atoms with Crippen LogP contribution >= 0.6 is 0 Å². The molecule has 0 saturated heterocycles. The van der Waals surface area contributed by atoms with Crippen molar-refractivity contribution in [1.82, 2.24) is 5.32 Å². The first-order valence-electron chi connectivity index (χ1n) is 7.02. The molecule has 1 atom stereocenters. The third kappa shape index (κ3) is 3.80. The molecule has 1 aromatic rings. The molecule has 1 aliphatic heterocycles. The maximum Gasteiger partial charge on any atom is 0.416 e.